The minimum absolute atomic E-state index is 0.0994. The molecule has 2 aromatic carbocycles. The summed E-state index contributed by atoms with van der Waals surface area (Å²) in [5.41, 5.74) is 3.68. The number of amides is 2. The number of carbonyl (C=O) groups is 2. The molecule has 0 saturated heterocycles. The molecule has 0 saturated carbocycles. The second-order valence-corrected chi connectivity index (χ2v) is 7.00. The van der Waals surface area contributed by atoms with Crippen LogP contribution in [-0.2, 0) is 9.59 Å². The van der Waals surface area contributed by atoms with Crippen LogP contribution in [0.2, 0.25) is 0 Å². The third-order valence-electron chi connectivity index (χ3n) is 3.54. The van der Waals surface area contributed by atoms with Crippen molar-refractivity contribution in [2.75, 3.05) is 16.4 Å². The smallest absolute Gasteiger partial charge is 0.237 e. The Hall–Kier alpha value is -2.27. The number of hydrogen-bond acceptors (Lipinski definition) is 3. The van der Waals surface area contributed by atoms with E-state index < -0.39 is 0 Å². The Labute approximate surface area is 147 Å². The molecule has 24 heavy (non-hydrogen) atoms. The molecular weight excluding hydrogens is 320 g/mol. The van der Waals surface area contributed by atoms with Crippen LogP contribution in [0.4, 0.5) is 11.4 Å². The van der Waals surface area contributed by atoms with E-state index in [1.165, 1.54) is 11.8 Å². The first-order valence-electron chi connectivity index (χ1n) is 7.80. The summed E-state index contributed by atoms with van der Waals surface area (Å²) in [6.45, 7) is 5.73. The molecule has 2 N–H and O–H groups in total. The molecule has 2 aromatic rings. The van der Waals surface area contributed by atoms with Crippen LogP contribution in [0, 0.1) is 13.8 Å². The number of nitrogens with one attached hydrogen (secondary N) is 2. The number of rotatable bonds is 6. The van der Waals surface area contributed by atoms with Gasteiger partial charge in [0.1, 0.15) is 0 Å². The van der Waals surface area contributed by atoms with Gasteiger partial charge in [0.25, 0.3) is 0 Å². The van der Waals surface area contributed by atoms with Gasteiger partial charge in [0.05, 0.1) is 11.0 Å². The predicted octanol–water partition coefficient (Wildman–Crippen LogP) is 4.00. The minimum atomic E-state index is -0.312. The Morgan fingerprint density at radius 1 is 1.04 bits per heavy atom. The second-order valence-electron chi connectivity index (χ2n) is 5.68. The molecule has 4 nitrogen and oxygen atoms in total. The number of anilines is 2. The molecule has 0 aliphatic heterocycles. The van der Waals surface area contributed by atoms with E-state index >= 15 is 0 Å². The quantitative estimate of drug-likeness (QED) is 0.834. The van der Waals surface area contributed by atoms with Gasteiger partial charge >= 0.3 is 0 Å². The largest absolute Gasteiger partial charge is 0.325 e. The highest BCUT2D eigenvalue weighted by molar-refractivity contribution is 8.01. The number of thioether (sulfide) groups is 1. The molecule has 1 atom stereocenters. The van der Waals surface area contributed by atoms with Crippen molar-refractivity contribution < 1.29 is 9.59 Å². The lowest BCUT2D eigenvalue weighted by molar-refractivity contribution is -0.115. The van der Waals surface area contributed by atoms with Gasteiger partial charge in [0.2, 0.25) is 11.8 Å². The lowest BCUT2D eigenvalue weighted by Gasteiger charge is -2.13. The van der Waals surface area contributed by atoms with E-state index in [9.17, 15) is 9.59 Å². The van der Waals surface area contributed by atoms with E-state index in [-0.39, 0.29) is 22.8 Å². The normalized spacial score (nSPS) is 11.6. The highest BCUT2D eigenvalue weighted by atomic mass is 32.2. The van der Waals surface area contributed by atoms with Crippen LogP contribution < -0.4 is 10.6 Å². The van der Waals surface area contributed by atoms with Crippen LogP contribution >= 0.6 is 11.8 Å². The van der Waals surface area contributed by atoms with Crippen molar-refractivity contribution in [2.45, 2.75) is 26.0 Å². The van der Waals surface area contributed by atoms with E-state index in [0.717, 1.165) is 22.5 Å². The van der Waals surface area contributed by atoms with Crippen LogP contribution in [0.3, 0.4) is 0 Å². The molecule has 0 radical (unpaired) electrons. The van der Waals surface area contributed by atoms with Crippen molar-refractivity contribution in [1.29, 1.82) is 0 Å². The lowest BCUT2D eigenvalue weighted by atomic mass is 10.2. The van der Waals surface area contributed by atoms with Gasteiger partial charge in [0, 0.05) is 11.4 Å². The zero-order valence-corrected chi connectivity index (χ0v) is 14.9. The van der Waals surface area contributed by atoms with Crippen LogP contribution in [0.25, 0.3) is 0 Å². The first kappa shape index (κ1) is 18.1. The van der Waals surface area contributed by atoms with E-state index in [4.69, 9.17) is 0 Å². The van der Waals surface area contributed by atoms with Crippen molar-refractivity contribution in [3.8, 4) is 0 Å². The van der Waals surface area contributed by atoms with E-state index in [1.54, 1.807) is 6.92 Å². The minimum Gasteiger partial charge on any atom is -0.325 e. The maximum Gasteiger partial charge on any atom is 0.237 e. The number of para-hydroxylation sites is 1. The summed E-state index contributed by atoms with van der Waals surface area (Å²) in [4.78, 5) is 24.2. The Morgan fingerprint density at radius 3 is 2.50 bits per heavy atom. The number of carbonyl (C=O) groups excluding carboxylic acids is 2. The first-order chi connectivity index (χ1) is 11.5. The van der Waals surface area contributed by atoms with E-state index in [2.05, 4.69) is 10.6 Å². The average Bonchev–Trinajstić information content (AvgIpc) is 2.54. The summed E-state index contributed by atoms with van der Waals surface area (Å²) in [5.74, 6) is 0.0230. The molecule has 2 amide bonds. The van der Waals surface area contributed by atoms with Crippen molar-refractivity contribution in [2.24, 2.45) is 0 Å². The van der Waals surface area contributed by atoms with Gasteiger partial charge in [0.15, 0.2) is 0 Å². The second kappa shape index (κ2) is 8.55. The van der Waals surface area contributed by atoms with Crippen molar-refractivity contribution in [3.05, 3.63) is 59.7 Å². The maximum absolute atomic E-state index is 12.2. The van der Waals surface area contributed by atoms with Gasteiger partial charge in [-0.25, -0.2) is 0 Å². The maximum atomic E-state index is 12.2. The Morgan fingerprint density at radius 2 is 1.79 bits per heavy atom. The molecule has 0 aliphatic carbocycles. The molecule has 0 spiro atoms. The molecule has 5 heteroatoms. The van der Waals surface area contributed by atoms with Gasteiger partial charge in [-0.2, -0.15) is 0 Å². The zero-order valence-electron chi connectivity index (χ0n) is 14.1. The Kier molecular flexibility index (Phi) is 6.44. The molecule has 0 heterocycles. The number of benzene rings is 2. The highest BCUT2D eigenvalue weighted by Crippen LogP contribution is 2.18. The number of hydrogen-bond donors (Lipinski definition) is 2. The molecule has 126 valence electrons. The molecular formula is C19H22N2O2S. The summed E-state index contributed by atoms with van der Waals surface area (Å²) < 4.78 is 0. The molecule has 1 unspecified atom stereocenters. The summed E-state index contributed by atoms with van der Waals surface area (Å²) in [5, 5.41) is 5.43. The summed E-state index contributed by atoms with van der Waals surface area (Å²) in [6.07, 6.45) is 0. The molecule has 0 aliphatic rings. The van der Waals surface area contributed by atoms with E-state index in [1.807, 2.05) is 62.4 Å². The monoisotopic (exact) mass is 342 g/mol. The SMILES string of the molecule is Cc1cccc(NC(=O)CSC(C)C(=O)Nc2ccccc2C)c1. The van der Waals surface area contributed by atoms with Crippen LogP contribution in [0.1, 0.15) is 18.1 Å². The van der Waals surface area contributed by atoms with Gasteiger partial charge < -0.3 is 10.6 Å². The first-order valence-corrected chi connectivity index (χ1v) is 8.85. The van der Waals surface area contributed by atoms with Gasteiger partial charge in [-0.1, -0.05) is 30.3 Å². The summed E-state index contributed by atoms with van der Waals surface area (Å²) in [6, 6.07) is 15.3. The van der Waals surface area contributed by atoms with Gasteiger partial charge in [-0.05, 0) is 50.1 Å². The van der Waals surface area contributed by atoms with Crippen molar-refractivity contribution in [1.82, 2.24) is 0 Å². The fraction of sp³-hybridized carbons (Fsp3) is 0.263. The number of aryl methyl sites for hydroxylation is 2. The van der Waals surface area contributed by atoms with Crippen molar-refractivity contribution >= 4 is 35.0 Å². The zero-order chi connectivity index (χ0) is 17.5. The predicted molar refractivity (Wildman–Crippen MR) is 102 cm³/mol. The van der Waals surface area contributed by atoms with Crippen molar-refractivity contribution in [3.63, 3.8) is 0 Å². The van der Waals surface area contributed by atoms with Gasteiger partial charge in [-0.3, -0.25) is 9.59 Å². The Bertz CT molecular complexity index is 731. The van der Waals surface area contributed by atoms with Crippen LogP contribution in [0.15, 0.2) is 48.5 Å². The Balaban J connectivity index is 1.81. The summed E-state index contributed by atoms with van der Waals surface area (Å²) >= 11 is 1.32. The molecule has 0 aromatic heterocycles. The molecule has 0 fully saturated rings. The lowest BCUT2D eigenvalue weighted by Crippen LogP contribution is -2.25. The highest BCUT2D eigenvalue weighted by Gasteiger charge is 2.16. The fourth-order valence-electron chi connectivity index (χ4n) is 2.14. The van der Waals surface area contributed by atoms with Gasteiger partial charge in [-0.15, -0.1) is 11.8 Å². The molecule has 0 bridgehead atoms. The van der Waals surface area contributed by atoms with E-state index in [0.29, 0.717) is 0 Å². The van der Waals surface area contributed by atoms with Crippen LogP contribution in [0.5, 0.6) is 0 Å². The standard InChI is InChI=1S/C19H22N2O2S/c1-13-7-6-9-16(11-13)20-18(22)12-24-15(3)19(23)21-17-10-5-4-8-14(17)2/h4-11,15H,12H2,1-3H3,(H,20,22)(H,21,23). The van der Waals surface area contributed by atoms with Crippen LogP contribution in [-0.4, -0.2) is 22.8 Å². The third-order valence-corrected chi connectivity index (χ3v) is 4.68. The topological polar surface area (TPSA) is 58.2 Å². The summed E-state index contributed by atoms with van der Waals surface area (Å²) in [7, 11) is 0. The average molecular weight is 342 g/mol. The molecule has 2 rings (SSSR count). The third kappa shape index (κ3) is 5.42. The fourth-order valence-corrected chi connectivity index (χ4v) is 2.83.